The number of nitrogens with one attached hydrogen (secondary N) is 1. The van der Waals surface area contributed by atoms with Crippen LogP contribution in [0.4, 0.5) is 5.69 Å². The van der Waals surface area contributed by atoms with Gasteiger partial charge in [-0.15, -0.1) is 0 Å². The number of benzene rings is 1. The summed E-state index contributed by atoms with van der Waals surface area (Å²) in [7, 11) is -2.45. The number of carboxylic acids is 1. The molecule has 0 atom stereocenters. The van der Waals surface area contributed by atoms with Crippen LogP contribution in [0.25, 0.3) is 0 Å². The molecule has 0 amide bonds. The summed E-state index contributed by atoms with van der Waals surface area (Å²) >= 11 is 8.03. The van der Waals surface area contributed by atoms with E-state index in [1.807, 2.05) is 0 Å². The van der Waals surface area contributed by atoms with Crippen LogP contribution in [-0.2, 0) is 17.1 Å². The van der Waals surface area contributed by atoms with Crippen molar-refractivity contribution in [3.8, 4) is 0 Å². The van der Waals surface area contributed by atoms with E-state index in [0.29, 0.717) is 0 Å². The SMILES string of the molecule is Cn1cc(S(=O)(=O)Nc2ccc(I)cc2Cl)cc1C(=O)O. The van der Waals surface area contributed by atoms with Crippen LogP contribution < -0.4 is 4.72 Å². The molecule has 0 saturated heterocycles. The van der Waals surface area contributed by atoms with Gasteiger partial charge in [0.25, 0.3) is 10.0 Å². The topological polar surface area (TPSA) is 88.4 Å². The lowest BCUT2D eigenvalue weighted by Crippen LogP contribution is -2.12. The lowest BCUT2D eigenvalue weighted by atomic mass is 10.3. The standard InChI is InChI=1S/C12H10ClIN2O4S/c1-16-6-8(5-11(16)12(17)18)21(19,20)15-10-3-2-7(14)4-9(10)13/h2-6,15H,1H3,(H,17,18). The number of carboxylic acid groups (broad SMARTS) is 1. The summed E-state index contributed by atoms with van der Waals surface area (Å²) in [6, 6.07) is 5.96. The highest BCUT2D eigenvalue weighted by molar-refractivity contribution is 14.1. The molecule has 0 aliphatic rings. The number of aryl methyl sites for hydroxylation is 1. The molecule has 2 N–H and O–H groups in total. The average Bonchev–Trinajstić information content (AvgIpc) is 2.76. The van der Waals surface area contributed by atoms with E-state index in [4.69, 9.17) is 16.7 Å². The van der Waals surface area contributed by atoms with Crippen molar-refractivity contribution in [2.75, 3.05) is 4.72 Å². The molecule has 6 nitrogen and oxygen atoms in total. The van der Waals surface area contributed by atoms with Gasteiger partial charge in [0.1, 0.15) is 10.6 Å². The monoisotopic (exact) mass is 440 g/mol. The predicted octanol–water partition coefficient (Wildman–Crippen LogP) is 2.78. The molecular weight excluding hydrogens is 431 g/mol. The van der Waals surface area contributed by atoms with Gasteiger partial charge >= 0.3 is 5.97 Å². The van der Waals surface area contributed by atoms with Crippen molar-refractivity contribution in [1.82, 2.24) is 4.57 Å². The molecule has 9 heteroatoms. The number of nitrogens with zero attached hydrogens (tertiary/aromatic N) is 1. The van der Waals surface area contributed by atoms with Gasteiger partial charge in [-0.1, -0.05) is 11.6 Å². The van der Waals surface area contributed by atoms with Crippen LogP contribution in [0.2, 0.25) is 5.02 Å². The first-order valence-corrected chi connectivity index (χ1v) is 8.52. The van der Waals surface area contributed by atoms with Gasteiger partial charge in [0.2, 0.25) is 0 Å². The van der Waals surface area contributed by atoms with E-state index < -0.39 is 16.0 Å². The minimum absolute atomic E-state index is 0.121. The van der Waals surface area contributed by atoms with Gasteiger partial charge in [0.15, 0.2) is 0 Å². The largest absolute Gasteiger partial charge is 0.477 e. The Labute approximate surface area is 139 Å². The van der Waals surface area contributed by atoms with Gasteiger partial charge in [-0.25, -0.2) is 13.2 Å². The number of halogens is 2. The average molecular weight is 441 g/mol. The van der Waals surface area contributed by atoms with Crippen LogP contribution in [0.15, 0.2) is 35.4 Å². The Hall–Kier alpha value is -1.26. The summed E-state index contributed by atoms with van der Waals surface area (Å²) in [6.07, 6.45) is 1.23. The Bertz CT molecular complexity index is 817. The highest BCUT2D eigenvalue weighted by Gasteiger charge is 2.21. The second-order valence-corrected chi connectivity index (χ2v) is 7.54. The lowest BCUT2D eigenvalue weighted by molar-refractivity contribution is 0.0686. The molecule has 0 radical (unpaired) electrons. The Kier molecular flexibility index (Phi) is 4.49. The van der Waals surface area contributed by atoms with E-state index in [0.717, 1.165) is 9.64 Å². The molecule has 0 spiro atoms. The van der Waals surface area contributed by atoms with Crippen molar-refractivity contribution in [1.29, 1.82) is 0 Å². The van der Waals surface area contributed by atoms with Crippen molar-refractivity contribution in [3.63, 3.8) is 0 Å². The molecule has 1 aromatic heterocycles. The zero-order valence-electron chi connectivity index (χ0n) is 10.7. The summed E-state index contributed by atoms with van der Waals surface area (Å²) in [5.41, 5.74) is 0.113. The van der Waals surface area contributed by atoms with Crippen LogP contribution >= 0.6 is 34.2 Å². The zero-order chi connectivity index (χ0) is 15.8. The summed E-state index contributed by atoms with van der Waals surface area (Å²) in [5.74, 6) is -1.20. The van der Waals surface area contributed by atoms with Gasteiger partial charge in [-0.05, 0) is 46.9 Å². The first-order valence-electron chi connectivity index (χ1n) is 5.58. The van der Waals surface area contributed by atoms with Crippen LogP contribution in [-0.4, -0.2) is 24.1 Å². The van der Waals surface area contributed by atoms with Gasteiger partial charge in [-0.3, -0.25) is 4.72 Å². The lowest BCUT2D eigenvalue weighted by Gasteiger charge is -2.08. The predicted molar refractivity (Wildman–Crippen MR) is 87.3 cm³/mol. The van der Waals surface area contributed by atoms with Gasteiger partial charge in [0.05, 0.1) is 10.7 Å². The number of sulfonamides is 1. The minimum Gasteiger partial charge on any atom is -0.477 e. The van der Waals surface area contributed by atoms with Crippen LogP contribution in [0, 0.1) is 3.57 Å². The molecule has 1 heterocycles. The maximum Gasteiger partial charge on any atom is 0.352 e. The molecule has 0 fully saturated rings. The van der Waals surface area contributed by atoms with E-state index in [1.54, 1.807) is 18.2 Å². The third-order valence-electron chi connectivity index (χ3n) is 2.68. The third kappa shape index (κ3) is 3.50. The van der Waals surface area contributed by atoms with E-state index in [1.165, 1.54) is 17.8 Å². The fraction of sp³-hybridized carbons (Fsp3) is 0.0833. The van der Waals surface area contributed by atoms with E-state index in [-0.39, 0.29) is 21.3 Å². The molecule has 0 unspecified atom stereocenters. The van der Waals surface area contributed by atoms with Gasteiger partial charge < -0.3 is 9.67 Å². The van der Waals surface area contributed by atoms with Gasteiger partial charge in [0, 0.05) is 16.8 Å². The zero-order valence-corrected chi connectivity index (χ0v) is 14.4. The van der Waals surface area contributed by atoms with Crippen LogP contribution in [0.1, 0.15) is 10.5 Å². The highest BCUT2D eigenvalue weighted by atomic mass is 127. The second kappa shape index (κ2) is 5.85. The molecule has 2 rings (SSSR count). The van der Waals surface area contributed by atoms with Crippen molar-refractivity contribution in [2.45, 2.75) is 4.90 Å². The Morgan fingerprint density at radius 3 is 2.57 bits per heavy atom. The quantitative estimate of drug-likeness (QED) is 0.716. The maximum atomic E-state index is 12.2. The van der Waals surface area contributed by atoms with Crippen molar-refractivity contribution in [3.05, 3.63) is 44.7 Å². The van der Waals surface area contributed by atoms with Crippen LogP contribution in [0.3, 0.4) is 0 Å². The summed E-state index contributed by atoms with van der Waals surface area (Å²) < 4.78 is 28.9. The summed E-state index contributed by atoms with van der Waals surface area (Å²) in [5, 5.41) is 9.21. The molecule has 0 bridgehead atoms. The number of hydrogen-bond donors (Lipinski definition) is 2. The molecule has 2 aromatic rings. The van der Waals surface area contributed by atoms with E-state index in [2.05, 4.69) is 27.3 Å². The number of aromatic carboxylic acids is 1. The molecule has 21 heavy (non-hydrogen) atoms. The second-order valence-electron chi connectivity index (χ2n) is 4.21. The minimum atomic E-state index is -3.90. The fourth-order valence-corrected chi connectivity index (χ4v) is 3.78. The van der Waals surface area contributed by atoms with Crippen molar-refractivity contribution in [2.24, 2.45) is 7.05 Å². The molecule has 0 aliphatic heterocycles. The first kappa shape index (κ1) is 16.1. The summed E-state index contributed by atoms with van der Waals surface area (Å²) in [4.78, 5) is 10.8. The number of hydrogen-bond acceptors (Lipinski definition) is 3. The van der Waals surface area contributed by atoms with Gasteiger partial charge in [-0.2, -0.15) is 0 Å². The Morgan fingerprint density at radius 2 is 2.05 bits per heavy atom. The Morgan fingerprint density at radius 1 is 1.38 bits per heavy atom. The molecule has 0 saturated carbocycles. The Balaban J connectivity index is 2.38. The molecular formula is C12H10ClIN2O4S. The third-order valence-corrected chi connectivity index (χ3v) is 5.00. The molecule has 112 valence electrons. The van der Waals surface area contributed by atoms with Crippen LogP contribution in [0.5, 0.6) is 0 Å². The van der Waals surface area contributed by atoms with Crippen molar-refractivity contribution < 1.29 is 18.3 Å². The molecule has 1 aromatic carbocycles. The number of aromatic nitrogens is 1. The van der Waals surface area contributed by atoms with E-state index >= 15 is 0 Å². The van der Waals surface area contributed by atoms with Crippen molar-refractivity contribution >= 4 is 55.9 Å². The first-order chi connectivity index (χ1) is 9.70. The highest BCUT2D eigenvalue weighted by Crippen LogP contribution is 2.26. The van der Waals surface area contributed by atoms with E-state index in [9.17, 15) is 13.2 Å². The number of rotatable bonds is 4. The summed E-state index contributed by atoms with van der Waals surface area (Å²) in [6.45, 7) is 0. The normalized spacial score (nSPS) is 11.4. The number of anilines is 1. The molecule has 0 aliphatic carbocycles. The smallest absolute Gasteiger partial charge is 0.352 e. The number of carbonyl (C=O) groups is 1. The maximum absolute atomic E-state index is 12.2. The fourth-order valence-electron chi connectivity index (χ4n) is 1.67.